The second-order valence-corrected chi connectivity index (χ2v) is 4.77. The topological polar surface area (TPSA) is 23.5 Å². The predicted molar refractivity (Wildman–Crippen MR) is 55.7 cm³/mol. The molecule has 0 spiro atoms. The smallest absolute Gasteiger partial charge is 0.0477 e. The molecule has 1 heterocycles. The highest BCUT2D eigenvalue weighted by atomic mass is 16.3. The molecule has 0 amide bonds. The first-order chi connectivity index (χ1) is 6.04. The zero-order chi connectivity index (χ0) is 10.1. The number of nitrogens with zero attached hydrogens (tertiary/aromatic N) is 1. The molecule has 0 radical (unpaired) electrons. The SMILES string of the molecule is CCC(C)N1CCC(CO)C1(C)C. The van der Waals surface area contributed by atoms with Crippen LogP contribution in [0.4, 0.5) is 0 Å². The fourth-order valence-electron chi connectivity index (χ4n) is 2.49. The van der Waals surface area contributed by atoms with Crippen LogP contribution in [0, 0.1) is 5.92 Å². The van der Waals surface area contributed by atoms with Gasteiger partial charge in [-0.1, -0.05) is 6.92 Å². The molecule has 2 unspecified atom stereocenters. The Morgan fingerprint density at radius 2 is 2.15 bits per heavy atom. The van der Waals surface area contributed by atoms with E-state index >= 15 is 0 Å². The summed E-state index contributed by atoms with van der Waals surface area (Å²) in [6, 6.07) is 0.645. The summed E-state index contributed by atoms with van der Waals surface area (Å²) in [5.74, 6) is 0.460. The Kier molecular flexibility index (Phi) is 3.36. The zero-order valence-electron chi connectivity index (χ0n) is 9.38. The lowest BCUT2D eigenvalue weighted by atomic mass is 9.88. The van der Waals surface area contributed by atoms with Gasteiger partial charge in [-0.2, -0.15) is 0 Å². The van der Waals surface area contributed by atoms with Crippen LogP contribution in [0.15, 0.2) is 0 Å². The minimum atomic E-state index is 0.185. The molecule has 13 heavy (non-hydrogen) atoms. The van der Waals surface area contributed by atoms with Gasteiger partial charge in [0.15, 0.2) is 0 Å². The summed E-state index contributed by atoms with van der Waals surface area (Å²) >= 11 is 0. The Morgan fingerprint density at radius 1 is 1.54 bits per heavy atom. The summed E-state index contributed by atoms with van der Waals surface area (Å²) in [4.78, 5) is 2.54. The molecule has 1 N–H and O–H groups in total. The van der Waals surface area contributed by atoms with Gasteiger partial charge in [-0.05, 0) is 40.2 Å². The molecule has 0 aromatic carbocycles. The monoisotopic (exact) mass is 185 g/mol. The fourth-order valence-corrected chi connectivity index (χ4v) is 2.49. The van der Waals surface area contributed by atoms with Crippen LogP contribution in [-0.4, -0.2) is 34.7 Å². The standard InChI is InChI=1S/C11H23NO/c1-5-9(2)12-7-6-10(8-13)11(12,3)4/h9-10,13H,5-8H2,1-4H3. The number of rotatable bonds is 3. The van der Waals surface area contributed by atoms with Crippen LogP contribution in [0.1, 0.15) is 40.5 Å². The molecule has 1 rings (SSSR count). The van der Waals surface area contributed by atoms with Gasteiger partial charge in [0.05, 0.1) is 0 Å². The van der Waals surface area contributed by atoms with E-state index in [1.807, 2.05) is 0 Å². The maximum absolute atomic E-state index is 9.25. The van der Waals surface area contributed by atoms with E-state index in [9.17, 15) is 5.11 Å². The van der Waals surface area contributed by atoms with Crippen molar-refractivity contribution in [1.82, 2.24) is 4.90 Å². The van der Waals surface area contributed by atoms with E-state index in [4.69, 9.17) is 0 Å². The Balaban J connectivity index is 2.69. The minimum absolute atomic E-state index is 0.185. The van der Waals surface area contributed by atoms with Gasteiger partial charge < -0.3 is 5.11 Å². The van der Waals surface area contributed by atoms with Crippen LogP contribution in [0.5, 0.6) is 0 Å². The third-order valence-electron chi connectivity index (χ3n) is 3.80. The largest absolute Gasteiger partial charge is 0.396 e. The molecule has 2 atom stereocenters. The molecule has 0 saturated carbocycles. The number of hydrogen-bond acceptors (Lipinski definition) is 2. The zero-order valence-corrected chi connectivity index (χ0v) is 9.38. The highest BCUT2D eigenvalue weighted by Gasteiger charge is 2.42. The second-order valence-electron chi connectivity index (χ2n) is 4.77. The summed E-state index contributed by atoms with van der Waals surface area (Å²) in [5, 5.41) is 9.25. The summed E-state index contributed by atoms with van der Waals surface area (Å²) in [6.45, 7) is 10.5. The Bertz CT molecular complexity index is 167. The van der Waals surface area contributed by atoms with Crippen LogP contribution in [-0.2, 0) is 0 Å². The third-order valence-corrected chi connectivity index (χ3v) is 3.80. The molecule has 1 saturated heterocycles. The van der Waals surface area contributed by atoms with E-state index in [0.29, 0.717) is 18.6 Å². The predicted octanol–water partition coefficient (Wildman–Crippen LogP) is 1.88. The van der Waals surface area contributed by atoms with Crippen molar-refractivity contribution in [2.45, 2.75) is 52.1 Å². The molecular weight excluding hydrogens is 162 g/mol. The number of aliphatic hydroxyl groups excluding tert-OH is 1. The number of aliphatic hydroxyl groups is 1. The average molecular weight is 185 g/mol. The first-order valence-electron chi connectivity index (χ1n) is 5.41. The van der Waals surface area contributed by atoms with Gasteiger partial charge in [-0.25, -0.2) is 0 Å². The van der Waals surface area contributed by atoms with Crippen LogP contribution in [0.3, 0.4) is 0 Å². The summed E-state index contributed by atoms with van der Waals surface area (Å²) < 4.78 is 0. The Labute approximate surface area is 81.9 Å². The first-order valence-corrected chi connectivity index (χ1v) is 5.41. The molecule has 0 aromatic heterocycles. The number of hydrogen-bond donors (Lipinski definition) is 1. The van der Waals surface area contributed by atoms with Gasteiger partial charge in [-0.15, -0.1) is 0 Å². The van der Waals surface area contributed by atoms with Crippen molar-refractivity contribution in [3.8, 4) is 0 Å². The van der Waals surface area contributed by atoms with Crippen LogP contribution >= 0.6 is 0 Å². The lowest BCUT2D eigenvalue weighted by molar-refractivity contribution is 0.0699. The maximum atomic E-state index is 9.25. The molecule has 78 valence electrons. The molecule has 0 bridgehead atoms. The second kappa shape index (κ2) is 3.97. The highest BCUT2D eigenvalue weighted by molar-refractivity contribution is 4.96. The Hall–Kier alpha value is -0.0800. The molecule has 1 fully saturated rings. The fraction of sp³-hybridized carbons (Fsp3) is 1.00. The van der Waals surface area contributed by atoms with Crippen molar-refractivity contribution in [3.05, 3.63) is 0 Å². The molecule has 0 aromatic rings. The van der Waals surface area contributed by atoms with Crippen molar-refractivity contribution in [1.29, 1.82) is 0 Å². The van der Waals surface area contributed by atoms with Crippen LogP contribution in [0.2, 0.25) is 0 Å². The van der Waals surface area contributed by atoms with E-state index in [0.717, 1.165) is 13.0 Å². The van der Waals surface area contributed by atoms with Crippen molar-refractivity contribution in [2.75, 3.05) is 13.2 Å². The maximum Gasteiger partial charge on any atom is 0.0477 e. The average Bonchev–Trinajstić information content (AvgIpc) is 2.39. The highest BCUT2D eigenvalue weighted by Crippen LogP contribution is 2.36. The summed E-state index contributed by atoms with van der Waals surface area (Å²) in [7, 11) is 0. The third kappa shape index (κ3) is 1.89. The molecule has 1 aliphatic heterocycles. The Morgan fingerprint density at radius 3 is 2.54 bits per heavy atom. The normalized spacial score (nSPS) is 30.7. The van der Waals surface area contributed by atoms with Crippen molar-refractivity contribution in [2.24, 2.45) is 5.92 Å². The molecule has 2 nitrogen and oxygen atoms in total. The molecule has 2 heteroatoms. The van der Waals surface area contributed by atoms with E-state index in [2.05, 4.69) is 32.6 Å². The van der Waals surface area contributed by atoms with Crippen molar-refractivity contribution >= 4 is 0 Å². The van der Waals surface area contributed by atoms with Gasteiger partial charge in [0.2, 0.25) is 0 Å². The van der Waals surface area contributed by atoms with Crippen LogP contribution < -0.4 is 0 Å². The summed E-state index contributed by atoms with van der Waals surface area (Å²) in [6.07, 6.45) is 2.34. The minimum Gasteiger partial charge on any atom is -0.396 e. The first kappa shape index (κ1) is 11.0. The lowest BCUT2D eigenvalue weighted by Gasteiger charge is -2.39. The number of likely N-dealkylation sites (tertiary alicyclic amines) is 1. The van der Waals surface area contributed by atoms with Gasteiger partial charge in [0, 0.05) is 24.1 Å². The lowest BCUT2D eigenvalue weighted by Crippen LogP contribution is -2.47. The van der Waals surface area contributed by atoms with Crippen molar-refractivity contribution < 1.29 is 5.11 Å². The van der Waals surface area contributed by atoms with E-state index in [1.54, 1.807) is 0 Å². The van der Waals surface area contributed by atoms with E-state index in [-0.39, 0.29) is 5.54 Å². The molecule has 1 aliphatic rings. The van der Waals surface area contributed by atoms with Gasteiger partial charge >= 0.3 is 0 Å². The van der Waals surface area contributed by atoms with Gasteiger partial charge in [0.25, 0.3) is 0 Å². The quantitative estimate of drug-likeness (QED) is 0.725. The molecule has 0 aliphatic carbocycles. The van der Waals surface area contributed by atoms with Crippen molar-refractivity contribution in [3.63, 3.8) is 0 Å². The van der Waals surface area contributed by atoms with E-state index in [1.165, 1.54) is 6.42 Å². The van der Waals surface area contributed by atoms with E-state index < -0.39 is 0 Å². The molecular formula is C11H23NO. The summed E-state index contributed by atoms with van der Waals surface area (Å²) in [5.41, 5.74) is 0.185. The van der Waals surface area contributed by atoms with Gasteiger partial charge in [-0.3, -0.25) is 4.90 Å². The van der Waals surface area contributed by atoms with Gasteiger partial charge in [0.1, 0.15) is 0 Å². The van der Waals surface area contributed by atoms with Crippen LogP contribution in [0.25, 0.3) is 0 Å².